The molecule has 1 aliphatic heterocycles. The number of rotatable bonds is 6. The molecule has 0 bridgehead atoms. The fourth-order valence-corrected chi connectivity index (χ4v) is 6.10. The number of hydrogen-bond acceptors (Lipinski definition) is 4. The number of carbonyl (C=O) groups is 2. The fraction of sp³-hybridized carbons (Fsp3) is 0.355. The summed E-state index contributed by atoms with van der Waals surface area (Å²) in [6.45, 7) is 11.2. The van der Waals surface area contributed by atoms with E-state index in [-0.39, 0.29) is 21.7 Å². The van der Waals surface area contributed by atoms with Gasteiger partial charge in [0.2, 0.25) is 10.0 Å². The van der Waals surface area contributed by atoms with Crippen LogP contribution in [0.5, 0.6) is 0 Å². The molecule has 0 aromatic heterocycles. The summed E-state index contributed by atoms with van der Waals surface area (Å²) < 4.78 is 28.0. The number of nitrogens with one attached hydrogen (secondary N) is 1. The quantitative estimate of drug-likeness (QED) is 0.383. The van der Waals surface area contributed by atoms with Gasteiger partial charge in [-0.05, 0) is 66.5 Å². The maximum absolute atomic E-state index is 13.2. The monoisotopic (exact) mass is 532 g/mol. The number of amides is 1. The van der Waals surface area contributed by atoms with Gasteiger partial charge in [0.25, 0.3) is 5.91 Å². The van der Waals surface area contributed by atoms with Gasteiger partial charge in [-0.2, -0.15) is 4.31 Å². The van der Waals surface area contributed by atoms with E-state index in [9.17, 15) is 18.0 Å². The van der Waals surface area contributed by atoms with Crippen molar-refractivity contribution in [2.24, 2.45) is 5.92 Å². The standard InChI is InChI=1S/C31H36N2O4S/c1-21-15-17-33(18-16-21)38(36,37)27-14-9-22(2)28(20-27)30(35)32-26-8-6-7-24(19-26)29(34)23-10-12-25(13-11-23)31(3,4)5/h6-14,19-21H,15-18H2,1-5H3,(H,32,35). The largest absolute Gasteiger partial charge is 0.322 e. The maximum atomic E-state index is 13.2. The van der Waals surface area contributed by atoms with E-state index in [1.807, 2.05) is 24.3 Å². The van der Waals surface area contributed by atoms with Crippen LogP contribution in [0.2, 0.25) is 0 Å². The highest BCUT2D eigenvalue weighted by Crippen LogP contribution is 2.26. The van der Waals surface area contributed by atoms with E-state index in [2.05, 4.69) is 33.0 Å². The van der Waals surface area contributed by atoms with Crippen LogP contribution in [-0.2, 0) is 15.4 Å². The molecular formula is C31H36N2O4S. The summed E-state index contributed by atoms with van der Waals surface area (Å²) >= 11 is 0. The van der Waals surface area contributed by atoms with Crippen LogP contribution in [0.1, 0.15) is 77.9 Å². The zero-order valence-corrected chi connectivity index (χ0v) is 23.6. The van der Waals surface area contributed by atoms with Crippen molar-refractivity contribution in [2.45, 2.75) is 57.8 Å². The smallest absolute Gasteiger partial charge is 0.255 e. The lowest BCUT2D eigenvalue weighted by molar-refractivity contribution is 0.102. The number of benzene rings is 3. The first-order chi connectivity index (χ1) is 17.9. The van der Waals surface area contributed by atoms with Crippen LogP contribution in [0.4, 0.5) is 5.69 Å². The van der Waals surface area contributed by atoms with Gasteiger partial charge in [0.05, 0.1) is 4.90 Å². The summed E-state index contributed by atoms with van der Waals surface area (Å²) in [5.41, 5.74) is 3.58. The van der Waals surface area contributed by atoms with E-state index >= 15 is 0 Å². The molecule has 4 rings (SSSR count). The minimum atomic E-state index is -3.68. The van der Waals surface area contributed by atoms with Gasteiger partial charge >= 0.3 is 0 Å². The Morgan fingerprint density at radius 3 is 2.18 bits per heavy atom. The summed E-state index contributed by atoms with van der Waals surface area (Å²) in [6.07, 6.45) is 1.66. The van der Waals surface area contributed by atoms with Crippen LogP contribution in [0.3, 0.4) is 0 Å². The van der Waals surface area contributed by atoms with Crippen LogP contribution in [0, 0.1) is 12.8 Å². The molecule has 6 nitrogen and oxygen atoms in total. The Kier molecular flexibility index (Phi) is 7.90. The van der Waals surface area contributed by atoms with Gasteiger partial charge in [-0.1, -0.05) is 70.2 Å². The zero-order chi connectivity index (χ0) is 27.7. The molecule has 0 spiro atoms. The molecule has 0 atom stereocenters. The van der Waals surface area contributed by atoms with E-state index in [0.29, 0.717) is 41.4 Å². The third kappa shape index (κ3) is 6.05. The lowest BCUT2D eigenvalue weighted by Gasteiger charge is -2.29. The lowest BCUT2D eigenvalue weighted by Crippen LogP contribution is -2.38. The Morgan fingerprint density at radius 2 is 1.55 bits per heavy atom. The van der Waals surface area contributed by atoms with Crippen LogP contribution in [-0.4, -0.2) is 37.5 Å². The zero-order valence-electron chi connectivity index (χ0n) is 22.7. The normalized spacial score (nSPS) is 15.3. The molecule has 1 aliphatic rings. The minimum absolute atomic E-state index is 0.00705. The molecule has 1 amide bonds. The van der Waals surface area contributed by atoms with Gasteiger partial charge in [-0.15, -0.1) is 0 Å². The molecular weight excluding hydrogens is 496 g/mol. The van der Waals surface area contributed by atoms with Gasteiger partial charge in [0.1, 0.15) is 0 Å². The van der Waals surface area contributed by atoms with Crippen molar-refractivity contribution >= 4 is 27.4 Å². The topological polar surface area (TPSA) is 83.6 Å². The molecule has 0 saturated carbocycles. The van der Waals surface area contributed by atoms with Crippen molar-refractivity contribution in [3.05, 3.63) is 94.5 Å². The highest BCUT2D eigenvalue weighted by atomic mass is 32.2. The summed E-state index contributed by atoms with van der Waals surface area (Å²) in [5.74, 6) is -0.0565. The second-order valence-corrected chi connectivity index (χ2v) is 13.2. The van der Waals surface area contributed by atoms with Gasteiger partial charge < -0.3 is 5.32 Å². The molecule has 1 fully saturated rings. The predicted molar refractivity (Wildman–Crippen MR) is 151 cm³/mol. The summed E-state index contributed by atoms with van der Waals surface area (Å²) in [5, 5.41) is 2.84. The Labute approximate surface area is 226 Å². The molecule has 0 aliphatic carbocycles. The number of hydrogen-bond donors (Lipinski definition) is 1. The minimum Gasteiger partial charge on any atom is -0.322 e. The van der Waals surface area contributed by atoms with E-state index in [1.165, 1.54) is 10.4 Å². The third-order valence-electron chi connectivity index (χ3n) is 7.23. The molecule has 1 heterocycles. The molecule has 1 saturated heterocycles. The Hall–Kier alpha value is -3.29. The Morgan fingerprint density at radius 1 is 0.895 bits per heavy atom. The van der Waals surface area contributed by atoms with Crippen molar-refractivity contribution in [1.29, 1.82) is 0 Å². The van der Waals surface area contributed by atoms with Crippen molar-refractivity contribution in [2.75, 3.05) is 18.4 Å². The van der Waals surface area contributed by atoms with E-state index in [4.69, 9.17) is 0 Å². The van der Waals surface area contributed by atoms with Crippen molar-refractivity contribution < 1.29 is 18.0 Å². The number of anilines is 1. The predicted octanol–water partition coefficient (Wildman–Crippen LogP) is 6.20. The summed E-state index contributed by atoms with van der Waals surface area (Å²) in [7, 11) is -3.68. The number of aryl methyl sites for hydroxylation is 1. The lowest BCUT2D eigenvalue weighted by atomic mass is 9.86. The fourth-order valence-electron chi connectivity index (χ4n) is 4.61. The number of ketones is 1. The third-order valence-corrected chi connectivity index (χ3v) is 9.12. The molecule has 200 valence electrons. The second kappa shape index (κ2) is 10.8. The van der Waals surface area contributed by atoms with Crippen molar-refractivity contribution in [3.63, 3.8) is 0 Å². The number of sulfonamides is 1. The van der Waals surface area contributed by atoms with E-state index in [0.717, 1.165) is 18.4 Å². The first kappa shape index (κ1) is 27.7. The van der Waals surface area contributed by atoms with Gasteiger partial charge in [-0.3, -0.25) is 9.59 Å². The Balaban J connectivity index is 1.53. The van der Waals surface area contributed by atoms with Crippen LogP contribution < -0.4 is 5.32 Å². The van der Waals surface area contributed by atoms with Gasteiger partial charge in [0.15, 0.2) is 5.78 Å². The number of nitrogens with zero attached hydrogens (tertiary/aromatic N) is 1. The summed E-state index contributed by atoms with van der Waals surface area (Å²) in [6, 6.07) is 19.0. The molecule has 1 N–H and O–H groups in total. The molecule has 38 heavy (non-hydrogen) atoms. The Bertz CT molecular complexity index is 1450. The van der Waals surface area contributed by atoms with Crippen molar-refractivity contribution in [3.8, 4) is 0 Å². The maximum Gasteiger partial charge on any atom is 0.255 e. The number of carbonyl (C=O) groups excluding carboxylic acids is 2. The molecule has 3 aromatic carbocycles. The number of piperidine rings is 1. The SMILES string of the molecule is Cc1ccc(S(=O)(=O)N2CCC(C)CC2)cc1C(=O)Nc1cccc(C(=O)c2ccc(C(C)(C)C)cc2)c1. The molecule has 7 heteroatoms. The van der Waals surface area contributed by atoms with Crippen LogP contribution in [0.15, 0.2) is 71.6 Å². The highest BCUT2D eigenvalue weighted by Gasteiger charge is 2.29. The molecule has 0 radical (unpaired) electrons. The average molecular weight is 533 g/mol. The molecule has 3 aromatic rings. The molecule has 0 unspecified atom stereocenters. The van der Waals surface area contributed by atoms with Crippen molar-refractivity contribution in [1.82, 2.24) is 4.31 Å². The first-order valence-corrected chi connectivity index (χ1v) is 14.5. The van der Waals surface area contributed by atoms with Crippen LogP contribution >= 0.6 is 0 Å². The highest BCUT2D eigenvalue weighted by molar-refractivity contribution is 7.89. The first-order valence-electron chi connectivity index (χ1n) is 13.0. The van der Waals surface area contributed by atoms with Gasteiger partial charge in [0, 0.05) is 35.5 Å². The van der Waals surface area contributed by atoms with E-state index < -0.39 is 15.9 Å². The van der Waals surface area contributed by atoms with Crippen LogP contribution in [0.25, 0.3) is 0 Å². The van der Waals surface area contributed by atoms with E-state index in [1.54, 1.807) is 43.3 Å². The average Bonchev–Trinajstić information content (AvgIpc) is 2.88. The second-order valence-electron chi connectivity index (χ2n) is 11.3. The van der Waals surface area contributed by atoms with Gasteiger partial charge in [-0.25, -0.2) is 8.42 Å². The summed E-state index contributed by atoms with van der Waals surface area (Å²) in [4.78, 5) is 26.4.